The van der Waals surface area contributed by atoms with E-state index in [1.807, 2.05) is 20.2 Å². The van der Waals surface area contributed by atoms with Crippen LogP contribution in [-0.4, -0.2) is 18.2 Å². The van der Waals surface area contributed by atoms with Crippen molar-refractivity contribution in [1.82, 2.24) is 9.78 Å². The first kappa shape index (κ1) is 14.4. The van der Waals surface area contributed by atoms with Gasteiger partial charge in [0.1, 0.15) is 4.90 Å². The Morgan fingerprint density at radius 2 is 2.05 bits per heavy atom. The minimum absolute atomic E-state index is 0.0931. The van der Waals surface area contributed by atoms with Crippen LogP contribution in [-0.2, 0) is 23.5 Å². The fraction of sp³-hybridized carbons (Fsp3) is 0.250. The van der Waals surface area contributed by atoms with Crippen LogP contribution in [0.15, 0.2) is 29.3 Å². The van der Waals surface area contributed by atoms with Crippen molar-refractivity contribution in [3.63, 3.8) is 0 Å². The van der Waals surface area contributed by atoms with Gasteiger partial charge in [0.2, 0.25) is 10.0 Å². The number of nitrogens with zero attached hydrogens (tertiary/aromatic N) is 2. The molecule has 1 heterocycles. The van der Waals surface area contributed by atoms with Crippen LogP contribution in [0.1, 0.15) is 12.6 Å². The Kier molecular flexibility index (Phi) is 3.69. The molecule has 108 valence electrons. The predicted octanol–water partition coefficient (Wildman–Crippen LogP) is 0.956. The molecule has 0 aliphatic heterocycles. The van der Waals surface area contributed by atoms with E-state index in [1.54, 1.807) is 16.8 Å². The van der Waals surface area contributed by atoms with E-state index in [4.69, 9.17) is 10.9 Å². The van der Waals surface area contributed by atoms with Crippen molar-refractivity contribution in [2.75, 3.05) is 11.1 Å². The Hall–Kier alpha value is -2.06. The maximum Gasteiger partial charge on any atom is 0.240 e. The second-order valence-corrected chi connectivity index (χ2v) is 5.93. The Bertz CT molecular complexity index is 736. The van der Waals surface area contributed by atoms with Gasteiger partial charge in [-0.15, -0.1) is 0 Å². The Balaban J connectivity index is 2.44. The number of primary sulfonamides is 1. The zero-order valence-corrected chi connectivity index (χ0v) is 12.1. The number of nitrogens with one attached hydrogen (secondary N) is 1. The Morgan fingerprint density at radius 3 is 2.65 bits per heavy atom. The second-order valence-electron chi connectivity index (χ2n) is 4.40. The lowest BCUT2D eigenvalue weighted by Crippen LogP contribution is -2.15. The first-order valence-electron chi connectivity index (χ1n) is 6.03. The van der Waals surface area contributed by atoms with E-state index < -0.39 is 10.0 Å². The lowest BCUT2D eigenvalue weighted by atomic mass is 10.2. The monoisotopic (exact) mass is 295 g/mol. The molecule has 1 aromatic heterocycles. The lowest BCUT2D eigenvalue weighted by Gasteiger charge is -2.11. The Labute approximate surface area is 117 Å². The highest BCUT2D eigenvalue weighted by Crippen LogP contribution is 2.29. The van der Waals surface area contributed by atoms with E-state index >= 15 is 0 Å². The maximum absolute atomic E-state index is 11.4. The summed E-state index contributed by atoms with van der Waals surface area (Å²) in [6.45, 7) is 1.98. The molecule has 0 saturated carbocycles. The quantitative estimate of drug-likeness (QED) is 0.726. The van der Waals surface area contributed by atoms with Crippen LogP contribution >= 0.6 is 0 Å². The molecule has 20 heavy (non-hydrogen) atoms. The van der Waals surface area contributed by atoms with Gasteiger partial charge in [0.25, 0.3) is 0 Å². The molecule has 0 aliphatic rings. The van der Waals surface area contributed by atoms with E-state index in [-0.39, 0.29) is 10.6 Å². The maximum atomic E-state index is 11.4. The number of nitrogen functional groups attached to an aromatic ring is 1. The zero-order valence-electron chi connectivity index (χ0n) is 11.3. The summed E-state index contributed by atoms with van der Waals surface area (Å²) in [5, 5.41) is 12.5. The van der Waals surface area contributed by atoms with E-state index in [1.165, 1.54) is 6.07 Å². The molecule has 0 amide bonds. The fourth-order valence-corrected chi connectivity index (χ4v) is 2.63. The average Bonchev–Trinajstić information content (AvgIpc) is 2.70. The fourth-order valence-electron chi connectivity index (χ4n) is 1.95. The number of benzene rings is 1. The van der Waals surface area contributed by atoms with Gasteiger partial charge in [0.05, 0.1) is 22.8 Å². The summed E-state index contributed by atoms with van der Waals surface area (Å²) in [6.07, 6.45) is 2.56. The highest BCUT2D eigenvalue weighted by Gasteiger charge is 2.16. The van der Waals surface area contributed by atoms with Gasteiger partial charge in [-0.3, -0.25) is 4.68 Å². The summed E-state index contributed by atoms with van der Waals surface area (Å²) in [5.74, 6) is 0. The van der Waals surface area contributed by atoms with Gasteiger partial charge in [-0.05, 0) is 18.6 Å². The standard InChI is InChI=1S/C12H17N5O2S/c1-3-8-10(7-17(2)16-8)15-9-5-4-6-11(12(9)13)20(14,18)19/h4-7,15H,3,13H2,1-2H3,(H2,14,18,19). The number of anilines is 3. The van der Waals surface area contributed by atoms with Crippen LogP contribution in [0.4, 0.5) is 17.1 Å². The number of nitrogens with two attached hydrogens (primary N) is 2. The normalized spacial score (nSPS) is 11.6. The van der Waals surface area contributed by atoms with Crippen LogP contribution < -0.4 is 16.2 Å². The smallest absolute Gasteiger partial charge is 0.240 e. The van der Waals surface area contributed by atoms with E-state index in [0.29, 0.717) is 5.69 Å². The number of hydrogen-bond acceptors (Lipinski definition) is 5. The van der Waals surface area contributed by atoms with E-state index in [2.05, 4.69) is 10.4 Å². The molecule has 7 nitrogen and oxygen atoms in total. The molecule has 0 atom stereocenters. The molecule has 0 aliphatic carbocycles. The molecule has 2 rings (SSSR count). The molecule has 2 aromatic rings. The van der Waals surface area contributed by atoms with Crippen LogP contribution in [0.3, 0.4) is 0 Å². The molecule has 0 fully saturated rings. The minimum Gasteiger partial charge on any atom is -0.396 e. The zero-order chi connectivity index (χ0) is 14.9. The Morgan fingerprint density at radius 1 is 1.35 bits per heavy atom. The SMILES string of the molecule is CCc1nn(C)cc1Nc1cccc(S(N)(=O)=O)c1N. The van der Waals surface area contributed by atoms with Crippen molar-refractivity contribution in [3.05, 3.63) is 30.1 Å². The van der Waals surface area contributed by atoms with Gasteiger partial charge in [0.15, 0.2) is 0 Å². The third-order valence-corrected chi connectivity index (χ3v) is 3.85. The van der Waals surface area contributed by atoms with Gasteiger partial charge in [0, 0.05) is 13.2 Å². The van der Waals surface area contributed by atoms with Crippen molar-refractivity contribution in [2.45, 2.75) is 18.2 Å². The minimum atomic E-state index is -3.84. The molecular weight excluding hydrogens is 278 g/mol. The largest absolute Gasteiger partial charge is 0.396 e. The molecule has 0 unspecified atom stereocenters. The first-order chi connectivity index (χ1) is 9.32. The van der Waals surface area contributed by atoms with Crippen LogP contribution in [0.5, 0.6) is 0 Å². The number of aromatic nitrogens is 2. The summed E-state index contributed by atoms with van der Waals surface area (Å²) >= 11 is 0. The first-order valence-corrected chi connectivity index (χ1v) is 7.58. The topological polar surface area (TPSA) is 116 Å². The summed E-state index contributed by atoms with van der Waals surface area (Å²) in [6, 6.07) is 4.65. The number of sulfonamides is 1. The van der Waals surface area contributed by atoms with Crippen molar-refractivity contribution < 1.29 is 8.42 Å². The summed E-state index contributed by atoms with van der Waals surface area (Å²) in [7, 11) is -2.03. The van der Waals surface area contributed by atoms with Crippen molar-refractivity contribution in [3.8, 4) is 0 Å². The average molecular weight is 295 g/mol. The summed E-state index contributed by atoms with van der Waals surface area (Å²) in [5.41, 5.74) is 8.10. The summed E-state index contributed by atoms with van der Waals surface area (Å²) < 4.78 is 24.6. The number of rotatable bonds is 4. The molecular formula is C12H17N5O2S. The van der Waals surface area contributed by atoms with Crippen LogP contribution in [0.25, 0.3) is 0 Å². The van der Waals surface area contributed by atoms with Crippen LogP contribution in [0, 0.1) is 0 Å². The molecule has 5 N–H and O–H groups in total. The number of para-hydroxylation sites is 1. The molecule has 0 spiro atoms. The van der Waals surface area contributed by atoms with E-state index in [9.17, 15) is 8.42 Å². The van der Waals surface area contributed by atoms with Crippen molar-refractivity contribution >= 4 is 27.1 Å². The molecule has 1 aromatic carbocycles. The predicted molar refractivity (Wildman–Crippen MR) is 78.1 cm³/mol. The van der Waals surface area contributed by atoms with Crippen molar-refractivity contribution in [2.24, 2.45) is 12.2 Å². The molecule has 0 radical (unpaired) electrons. The summed E-state index contributed by atoms with van der Waals surface area (Å²) in [4.78, 5) is -0.0931. The third-order valence-electron chi connectivity index (χ3n) is 2.88. The number of hydrogen-bond donors (Lipinski definition) is 3. The van der Waals surface area contributed by atoms with E-state index in [0.717, 1.165) is 17.8 Å². The third kappa shape index (κ3) is 2.75. The van der Waals surface area contributed by atoms with Gasteiger partial charge < -0.3 is 11.1 Å². The van der Waals surface area contributed by atoms with Gasteiger partial charge in [-0.2, -0.15) is 5.10 Å². The molecule has 8 heteroatoms. The molecule has 0 saturated heterocycles. The van der Waals surface area contributed by atoms with Crippen molar-refractivity contribution in [1.29, 1.82) is 0 Å². The molecule has 0 bridgehead atoms. The highest BCUT2D eigenvalue weighted by molar-refractivity contribution is 7.89. The van der Waals surface area contributed by atoms with Crippen LogP contribution in [0.2, 0.25) is 0 Å². The lowest BCUT2D eigenvalue weighted by molar-refractivity contribution is 0.598. The second kappa shape index (κ2) is 5.14. The van der Waals surface area contributed by atoms with Gasteiger partial charge in [-0.25, -0.2) is 13.6 Å². The van der Waals surface area contributed by atoms with Gasteiger partial charge in [-0.1, -0.05) is 13.0 Å². The van der Waals surface area contributed by atoms with Gasteiger partial charge >= 0.3 is 0 Å². The highest BCUT2D eigenvalue weighted by atomic mass is 32.2. The number of aryl methyl sites for hydroxylation is 2.